The van der Waals surface area contributed by atoms with Crippen LogP contribution in [0.2, 0.25) is 0 Å². The maximum atomic E-state index is 11.9. The summed E-state index contributed by atoms with van der Waals surface area (Å²) in [5, 5.41) is 13.7. The van der Waals surface area contributed by atoms with Gasteiger partial charge in [0, 0.05) is 31.8 Å². The minimum Gasteiger partial charge on any atom is -0.312 e. The van der Waals surface area contributed by atoms with Crippen molar-refractivity contribution in [3.63, 3.8) is 0 Å². The topological polar surface area (TPSA) is 101 Å². The molecule has 2 N–H and O–H groups in total. The fraction of sp³-hybridized carbons (Fsp3) is 0.250. The van der Waals surface area contributed by atoms with Crippen LogP contribution in [0.25, 0.3) is 0 Å². The molecule has 24 heavy (non-hydrogen) atoms. The van der Waals surface area contributed by atoms with E-state index in [4.69, 9.17) is 0 Å². The lowest BCUT2D eigenvalue weighted by molar-refractivity contribution is -0.384. The van der Waals surface area contributed by atoms with Gasteiger partial charge in [-0.05, 0) is 11.1 Å². The third-order valence-corrected chi connectivity index (χ3v) is 4.66. The number of sulfonamides is 1. The van der Waals surface area contributed by atoms with E-state index in [0.29, 0.717) is 6.54 Å². The summed E-state index contributed by atoms with van der Waals surface area (Å²) in [5.74, 6) is -0.0608. The highest BCUT2D eigenvalue weighted by Crippen LogP contribution is 2.12. The zero-order chi connectivity index (χ0) is 17.4. The van der Waals surface area contributed by atoms with Gasteiger partial charge < -0.3 is 5.32 Å². The highest BCUT2D eigenvalue weighted by atomic mass is 32.2. The van der Waals surface area contributed by atoms with Gasteiger partial charge in [0.2, 0.25) is 10.0 Å². The van der Waals surface area contributed by atoms with Crippen molar-refractivity contribution in [1.29, 1.82) is 0 Å². The Morgan fingerprint density at radius 2 is 1.67 bits per heavy atom. The Kier molecular flexibility index (Phi) is 6.42. The van der Waals surface area contributed by atoms with Crippen molar-refractivity contribution in [1.82, 2.24) is 10.0 Å². The van der Waals surface area contributed by atoms with Crippen LogP contribution >= 0.6 is 0 Å². The minimum atomic E-state index is -3.38. The lowest BCUT2D eigenvalue weighted by atomic mass is 10.2. The number of hydrogen-bond acceptors (Lipinski definition) is 5. The number of nitro groups is 1. The zero-order valence-electron chi connectivity index (χ0n) is 13.0. The molecule has 0 heterocycles. The van der Waals surface area contributed by atoms with Gasteiger partial charge in [-0.2, -0.15) is 0 Å². The van der Waals surface area contributed by atoms with Crippen LogP contribution in [0, 0.1) is 10.1 Å². The summed E-state index contributed by atoms with van der Waals surface area (Å²) in [6, 6.07) is 15.5. The van der Waals surface area contributed by atoms with Crippen LogP contribution in [0.3, 0.4) is 0 Å². The fourth-order valence-electron chi connectivity index (χ4n) is 2.08. The molecule has 128 valence electrons. The summed E-state index contributed by atoms with van der Waals surface area (Å²) in [4.78, 5) is 10.2. The molecule has 0 aliphatic rings. The van der Waals surface area contributed by atoms with E-state index in [1.165, 1.54) is 12.1 Å². The monoisotopic (exact) mass is 349 g/mol. The normalized spacial score (nSPS) is 11.3. The second-order valence-corrected chi connectivity index (χ2v) is 7.16. The van der Waals surface area contributed by atoms with Crippen molar-refractivity contribution in [3.8, 4) is 0 Å². The molecule has 0 amide bonds. The molecule has 0 radical (unpaired) electrons. The van der Waals surface area contributed by atoms with Crippen LogP contribution < -0.4 is 10.0 Å². The van der Waals surface area contributed by atoms with E-state index >= 15 is 0 Å². The van der Waals surface area contributed by atoms with Gasteiger partial charge in [-0.3, -0.25) is 10.1 Å². The number of non-ortho nitro benzene ring substituents is 1. The van der Waals surface area contributed by atoms with Gasteiger partial charge in [-0.1, -0.05) is 42.5 Å². The molecule has 0 fully saturated rings. The van der Waals surface area contributed by atoms with Gasteiger partial charge >= 0.3 is 0 Å². The van der Waals surface area contributed by atoms with Gasteiger partial charge in [-0.25, -0.2) is 13.1 Å². The first-order valence-corrected chi connectivity index (χ1v) is 9.07. The Bertz CT molecular complexity index is 779. The van der Waals surface area contributed by atoms with E-state index in [1.54, 1.807) is 12.1 Å². The molecule has 0 aliphatic heterocycles. The first-order chi connectivity index (χ1) is 11.5. The lowest BCUT2D eigenvalue weighted by Gasteiger charge is -2.08. The third kappa shape index (κ3) is 6.07. The minimum absolute atomic E-state index is 0.0199. The Balaban J connectivity index is 1.75. The molecule has 2 aromatic rings. The summed E-state index contributed by atoms with van der Waals surface area (Å²) in [5.41, 5.74) is 1.65. The van der Waals surface area contributed by atoms with Crippen LogP contribution in [0.1, 0.15) is 11.1 Å². The summed E-state index contributed by atoms with van der Waals surface area (Å²) in [6.07, 6.45) is 0. The van der Waals surface area contributed by atoms with Gasteiger partial charge in [0.25, 0.3) is 5.69 Å². The van der Waals surface area contributed by atoms with E-state index in [2.05, 4.69) is 10.0 Å². The molecule has 0 spiro atoms. The molecular formula is C16H19N3O4S. The number of nitro benzene ring substituents is 1. The van der Waals surface area contributed by atoms with Crippen molar-refractivity contribution < 1.29 is 13.3 Å². The highest BCUT2D eigenvalue weighted by molar-refractivity contribution is 7.89. The van der Waals surface area contributed by atoms with Crippen LogP contribution in [0.5, 0.6) is 0 Å². The second kappa shape index (κ2) is 8.53. The molecule has 2 rings (SSSR count). The van der Waals surface area contributed by atoms with Crippen molar-refractivity contribution >= 4 is 15.7 Å². The van der Waals surface area contributed by atoms with Crippen LogP contribution in [-0.4, -0.2) is 25.6 Å². The predicted octanol–water partition coefficient (Wildman–Crippen LogP) is 1.80. The number of nitrogens with zero attached hydrogens (tertiary/aromatic N) is 1. The van der Waals surface area contributed by atoms with E-state index in [-0.39, 0.29) is 24.5 Å². The molecule has 0 atom stereocenters. The molecule has 7 nitrogen and oxygen atoms in total. The lowest BCUT2D eigenvalue weighted by Crippen LogP contribution is -2.31. The molecular weight excluding hydrogens is 330 g/mol. The number of hydrogen-bond donors (Lipinski definition) is 2. The van der Waals surface area contributed by atoms with Crippen LogP contribution in [0.15, 0.2) is 54.6 Å². The Morgan fingerprint density at radius 1 is 0.958 bits per heavy atom. The number of benzene rings is 2. The van der Waals surface area contributed by atoms with E-state index in [1.807, 2.05) is 30.3 Å². The van der Waals surface area contributed by atoms with E-state index in [9.17, 15) is 18.5 Å². The largest absolute Gasteiger partial charge is 0.312 e. The van der Waals surface area contributed by atoms with Gasteiger partial charge in [0.05, 0.1) is 10.7 Å². The van der Waals surface area contributed by atoms with Gasteiger partial charge in [0.15, 0.2) is 0 Å². The highest BCUT2D eigenvalue weighted by Gasteiger charge is 2.10. The number of rotatable bonds is 9. The van der Waals surface area contributed by atoms with Crippen LogP contribution in [0.4, 0.5) is 5.69 Å². The van der Waals surface area contributed by atoms with E-state index in [0.717, 1.165) is 11.1 Å². The second-order valence-electron chi connectivity index (χ2n) is 5.23. The summed E-state index contributed by atoms with van der Waals surface area (Å²) < 4.78 is 26.4. The Morgan fingerprint density at radius 3 is 2.38 bits per heavy atom. The SMILES string of the molecule is O=[N+]([O-])c1cccc(CNCCS(=O)(=O)NCc2ccccc2)c1. The van der Waals surface area contributed by atoms with Crippen molar-refractivity contribution in [3.05, 3.63) is 75.8 Å². The first-order valence-electron chi connectivity index (χ1n) is 7.41. The number of nitrogens with one attached hydrogen (secondary N) is 2. The molecule has 0 aromatic heterocycles. The fourth-order valence-corrected chi connectivity index (χ4v) is 3.02. The molecule has 0 bridgehead atoms. The molecule has 8 heteroatoms. The Hall–Kier alpha value is -2.29. The van der Waals surface area contributed by atoms with Gasteiger partial charge in [-0.15, -0.1) is 0 Å². The van der Waals surface area contributed by atoms with Crippen molar-refractivity contribution in [2.45, 2.75) is 13.1 Å². The average Bonchev–Trinajstić information content (AvgIpc) is 2.58. The molecule has 0 aliphatic carbocycles. The molecule has 0 saturated carbocycles. The quantitative estimate of drug-likeness (QED) is 0.408. The first kappa shape index (κ1) is 18.1. The molecule has 0 saturated heterocycles. The zero-order valence-corrected chi connectivity index (χ0v) is 13.8. The third-order valence-electron chi connectivity index (χ3n) is 3.34. The van der Waals surface area contributed by atoms with E-state index < -0.39 is 14.9 Å². The standard InChI is InChI=1S/C16H19N3O4S/c20-19(21)16-8-4-7-15(11-16)12-17-9-10-24(22,23)18-13-14-5-2-1-3-6-14/h1-8,11,17-18H,9-10,12-13H2. The average molecular weight is 349 g/mol. The summed E-state index contributed by atoms with van der Waals surface area (Å²) in [6.45, 7) is 0.886. The van der Waals surface area contributed by atoms with Gasteiger partial charge in [0.1, 0.15) is 0 Å². The van der Waals surface area contributed by atoms with Crippen molar-refractivity contribution in [2.75, 3.05) is 12.3 Å². The van der Waals surface area contributed by atoms with Crippen LogP contribution in [-0.2, 0) is 23.1 Å². The summed E-state index contributed by atoms with van der Waals surface area (Å²) in [7, 11) is -3.38. The smallest absolute Gasteiger partial charge is 0.269 e. The molecule has 2 aromatic carbocycles. The van der Waals surface area contributed by atoms with Crippen molar-refractivity contribution in [2.24, 2.45) is 0 Å². The maximum Gasteiger partial charge on any atom is 0.269 e. The maximum absolute atomic E-state index is 11.9. The molecule has 0 unspecified atom stereocenters. The summed E-state index contributed by atoms with van der Waals surface area (Å²) >= 11 is 0. The predicted molar refractivity (Wildman–Crippen MR) is 91.9 cm³/mol. The Labute approximate surface area is 140 Å².